The quantitative estimate of drug-likeness (QED) is 0.249. The van der Waals surface area contributed by atoms with Gasteiger partial charge in [-0.05, 0) is 20.3 Å². The van der Waals surface area contributed by atoms with E-state index in [1.165, 1.54) is 38.5 Å². The van der Waals surface area contributed by atoms with E-state index in [4.69, 9.17) is 51.5 Å². The van der Waals surface area contributed by atoms with Crippen molar-refractivity contribution >= 4 is 0 Å². The molecule has 0 spiro atoms. The van der Waals surface area contributed by atoms with Crippen LogP contribution in [-0.4, -0.2) is 84.1 Å². The molecule has 6 N–H and O–H groups in total. The second-order valence-electron chi connectivity index (χ2n) is 7.99. The molecule has 0 aromatic carbocycles. The molecular formula is C20H38LuN5O8+2. The van der Waals surface area contributed by atoms with E-state index in [1.807, 2.05) is 12.3 Å². The van der Waals surface area contributed by atoms with Crippen LogP contribution in [0.15, 0.2) is 24.4 Å². The predicted octanol–water partition coefficient (Wildman–Crippen LogP) is 3.26. The molecule has 204 valence electrons. The summed E-state index contributed by atoms with van der Waals surface area (Å²) in [5, 5.41) is 56.6. The van der Waals surface area contributed by atoms with Crippen LogP contribution in [0.4, 0.5) is 0 Å². The number of allylic oxidation sites excluding steroid dienone is 2. The molecule has 2 fully saturated rings. The standard InChI is InChI=1S/C15H22N3.C5H12O2.Lu.2H2NO3/c1-3-10-16-12(6-1)14-8-5-9-15(18-14)13-7-2-4-11-17-13;1-4(6)3-5(2)7;;2*2-1(3)4/h1,3,6,10,12-15H,2,4-5,7-9,11H2;4-7H,3H2,1-2H3;;2*(H2,2,3,4)/q-3;;+3;2*+1. The van der Waals surface area contributed by atoms with Crippen molar-refractivity contribution in [2.24, 2.45) is 0 Å². The second-order valence-corrected chi connectivity index (χ2v) is 7.99. The summed E-state index contributed by atoms with van der Waals surface area (Å²) in [4.78, 5) is 16.9. The molecule has 0 aromatic rings. The Hall–Kier alpha value is -1.25. The van der Waals surface area contributed by atoms with E-state index in [9.17, 15) is 0 Å². The van der Waals surface area contributed by atoms with Gasteiger partial charge in [-0.15, -0.1) is 24.7 Å². The summed E-state index contributed by atoms with van der Waals surface area (Å²) in [5.41, 5.74) is 0. The van der Waals surface area contributed by atoms with Gasteiger partial charge in [-0.1, -0.05) is 50.7 Å². The summed E-state index contributed by atoms with van der Waals surface area (Å²) < 4.78 is 0. The molecule has 0 saturated carbocycles. The van der Waals surface area contributed by atoms with Crippen molar-refractivity contribution in [3.05, 3.63) is 50.2 Å². The number of aliphatic hydroxyl groups is 2. The van der Waals surface area contributed by atoms with Crippen LogP contribution in [0.25, 0.3) is 16.0 Å². The maximum absolute atomic E-state index is 8.56. The SMILES string of the molecule is C1=C[N-]C(C2CCCC(C3CCCC[N-]3)[N-]2)C=C1.CC(O)CC(C)O.O=[N+](O)O.O=[N+](O)O.[Lu+3]. The average Bonchev–Trinajstić information content (AvgIpc) is 2.74. The molecule has 6 atom stereocenters. The first kappa shape index (κ1) is 34.9. The summed E-state index contributed by atoms with van der Waals surface area (Å²) in [5.74, 6) is 0. The summed E-state index contributed by atoms with van der Waals surface area (Å²) >= 11 is 0. The van der Waals surface area contributed by atoms with Gasteiger partial charge in [-0.25, -0.2) is 20.8 Å². The molecule has 3 aliphatic rings. The van der Waals surface area contributed by atoms with E-state index < -0.39 is 10.2 Å². The Balaban J connectivity index is 0. The minimum atomic E-state index is -1.25. The Morgan fingerprint density at radius 2 is 1.38 bits per heavy atom. The average molecular weight is 652 g/mol. The molecular weight excluding hydrogens is 613 g/mol. The smallest absolute Gasteiger partial charge is 0.686 e. The first-order valence-corrected chi connectivity index (χ1v) is 11.0. The van der Waals surface area contributed by atoms with Crippen molar-refractivity contribution < 1.29 is 78.1 Å². The Bertz CT molecular complexity index is 578. The van der Waals surface area contributed by atoms with Crippen LogP contribution in [0.1, 0.15) is 58.8 Å². The number of nitrogens with zero attached hydrogens (tertiary/aromatic N) is 5. The zero-order valence-electron chi connectivity index (χ0n) is 19.4. The summed E-state index contributed by atoms with van der Waals surface area (Å²) in [6, 6.07) is 1.65. The Morgan fingerprint density at radius 3 is 1.79 bits per heavy atom. The van der Waals surface area contributed by atoms with E-state index in [-0.39, 0.29) is 55.1 Å². The van der Waals surface area contributed by atoms with Gasteiger partial charge in [-0.2, -0.15) is 18.3 Å². The fourth-order valence-electron chi connectivity index (χ4n) is 3.76. The molecule has 2 saturated heterocycles. The first-order chi connectivity index (χ1) is 15.5. The topological polar surface area (TPSA) is 204 Å². The fraction of sp³-hybridized carbons (Fsp3) is 0.800. The van der Waals surface area contributed by atoms with Crippen molar-refractivity contribution in [3.63, 3.8) is 0 Å². The normalized spacial score (nSPS) is 26.7. The zero-order valence-corrected chi connectivity index (χ0v) is 21.1. The number of rotatable bonds is 4. The molecule has 0 aliphatic carbocycles. The van der Waals surface area contributed by atoms with Crippen LogP contribution in [-0.2, 0) is 0 Å². The molecule has 3 aliphatic heterocycles. The predicted molar refractivity (Wildman–Crippen MR) is 118 cm³/mol. The van der Waals surface area contributed by atoms with Gasteiger partial charge in [0.1, 0.15) is 9.81 Å². The molecule has 6 unspecified atom stereocenters. The second kappa shape index (κ2) is 21.1. The number of hydrogen-bond acceptors (Lipinski definition) is 4. The van der Waals surface area contributed by atoms with E-state index >= 15 is 0 Å². The van der Waals surface area contributed by atoms with Crippen molar-refractivity contribution in [3.8, 4) is 0 Å². The van der Waals surface area contributed by atoms with Gasteiger partial charge in [0.25, 0.3) is 0 Å². The van der Waals surface area contributed by atoms with Gasteiger partial charge in [0.05, 0.1) is 12.2 Å². The molecule has 0 aromatic heterocycles. The van der Waals surface area contributed by atoms with E-state index in [0.29, 0.717) is 24.5 Å². The molecule has 0 amide bonds. The van der Waals surface area contributed by atoms with E-state index in [0.717, 1.165) is 6.54 Å². The van der Waals surface area contributed by atoms with Crippen molar-refractivity contribution in [2.75, 3.05) is 6.54 Å². The maximum atomic E-state index is 8.56. The van der Waals surface area contributed by atoms with Crippen LogP contribution >= 0.6 is 0 Å². The summed E-state index contributed by atoms with van der Waals surface area (Å²) in [6.07, 6.45) is 15.5. The van der Waals surface area contributed by atoms with Gasteiger partial charge in [0.2, 0.25) is 0 Å². The third-order valence-electron chi connectivity index (χ3n) is 4.94. The third-order valence-corrected chi connectivity index (χ3v) is 4.94. The van der Waals surface area contributed by atoms with Crippen molar-refractivity contribution in [2.45, 2.75) is 95.2 Å². The zero-order chi connectivity index (χ0) is 25.2. The van der Waals surface area contributed by atoms with Gasteiger partial charge < -0.3 is 26.2 Å². The molecule has 0 radical (unpaired) electrons. The van der Waals surface area contributed by atoms with Gasteiger partial charge in [0.15, 0.2) is 0 Å². The van der Waals surface area contributed by atoms with Gasteiger partial charge in [-0.3, -0.25) is 0 Å². The van der Waals surface area contributed by atoms with E-state index in [2.05, 4.69) is 17.5 Å². The van der Waals surface area contributed by atoms with Crippen LogP contribution in [0.2, 0.25) is 0 Å². The van der Waals surface area contributed by atoms with Gasteiger partial charge >= 0.3 is 47.0 Å². The number of aliphatic hydroxyl groups excluding tert-OH is 2. The largest absolute Gasteiger partial charge is 3.00 e. The first-order valence-electron chi connectivity index (χ1n) is 11.0. The summed E-state index contributed by atoms with van der Waals surface area (Å²) in [6.45, 7) is 4.37. The Labute approximate surface area is 229 Å². The van der Waals surface area contributed by atoms with Crippen molar-refractivity contribution in [1.82, 2.24) is 0 Å². The van der Waals surface area contributed by atoms with E-state index in [1.54, 1.807) is 13.8 Å². The van der Waals surface area contributed by atoms with Gasteiger partial charge in [0, 0.05) is 0 Å². The number of hydrogen-bond donors (Lipinski definition) is 6. The molecule has 0 bridgehead atoms. The van der Waals surface area contributed by atoms with Crippen LogP contribution in [0.5, 0.6) is 0 Å². The molecule has 13 nitrogen and oxygen atoms in total. The fourth-order valence-corrected chi connectivity index (χ4v) is 3.76. The van der Waals surface area contributed by atoms with Crippen LogP contribution in [0, 0.1) is 46.7 Å². The number of piperidine rings is 2. The maximum Gasteiger partial charge on any atom is 3.00 e. The Kier molecular flexibility index (Phi) is 21.6. The minimum Gasteiger partial charge on any atom is -0.686 e. The molecule has 14 heteroatoms. The third kappa shape index (κ3) is 20.2. The van der Waals surface area contributed by atoms with Crippen LogP contribution < -0.4 is 0 Å². The molecule has 3 heterocycles. The Morgan fingerprint density at radius 1 is 0.853 bits per heavy atom. The monoisotopic (exact) mass is 651 g/mol. The molecule has 3 rings (SSSR count). The van der Waals surface area contributed by atoms with Crippen molar-refractivity contribution in [1.29, 1.82) is 0 Å². The van der Waals surface area contributed by atoms with Crippen LogP contribution in [0.3, 0.4) is 0 Å². The molecule has 34 heavy (non-hydrogen) atoms. The summed E-state index contributed by atoms with van der Waals surface area (Å²) in [7, 11) is 0. The minimum absolute atomic E-state index is 0.